The molecular weight excluding hydrogens is 314 g/mol. The first-order chi connectivity index (χ1) is 11.9. The summed E-state index contributed by atoms with van der Waals surface area (Å²) in [4.78, 5) is 25.3. The van der Waals surface area contributed by atoms with Crippen LogP contribution in [0.1, 0.15) is 58.3 Å². The molecule has 5 fully saturated rings. The zero-order chi connectivity index (χ0) is 17.6. The smallest absolute Gasteiger partial charge is 0.275 e. The first-order valence-corrected chi connectivity index (χ1v) is 10.3. The van der Waals surface area contributed by atoms with Crippen LogP contribution in [0, 0.1) is 23.2 Å². The van der Waals surface area contributed by atoms with E-state index in [1.165, 1.54) is 38.5 Å². The van der Waals surface area contributed by atoms with Crippen LogP contribution < -0.4 is 15.5 Å². The Morgan fingerprint density at radius 3 is 2.04 bits per heavy atom. The maximum atomic E-state index is 12.5. The number of carbonyl (C=O) groups excluding carboxylic acids is 2. The number of hydrogen-bond donors (Lipinski definition) is 3. The van der Waals surface area contributed by atoms with E-state index in [4.69, 9.17) is 0 Å². The van der Waals surface area contributed by atoms with Crippen molar-refractivity contribution in [1.82, 2.24) is 10.6 Å². The second-order valence-electron chi connectivity index (χ2n) is 9.72. The van der Waals surface area contributed by atoms with Crippen LogP contribution in [0.25, 0.3) is 0 Å². The van der Waals surface area contributed by atoms with E-state index in [0.717, 1.165) is 35.5 Å². The molecule has 1 unspecified atom stereocenters. The minimum atomic E-state index is 0.0712. The molecule has 5 aliphatic rings. The van der Waals surface area contributed by atoms with Crippen molar-refractivity contribution < 1.29 is 14.5 Å². The van der Waals surface area contributed by atoms with Crippen molar-refractivity contribution in [3.8, 4) is 0 Å². The van der Waals surface area contributed by atoms with Gasteiger partial charge in [0.15, 0.2) is 13.1 Å². The van der Waals surface area contributed by atoms with Crippen LogP contribution in [0.3, 0.4) is 0 Å². The van der Waals surface area contributed by atoms with Gasteiger partial charge in [0.2, 0.25) is 0 Å². The maximum absolute atomic E-state index is 12.5. The molecule has 25 heavy (non-hydrogen) atoms. The second-order valence-corrected chi connectivity index (χ2v) is 9.72. The van der Waals surface area contributed by atoms with Gasteiger partial charge in [-0.05, 0) is 81.5 Å². The highest BCUT2D eigenvalue weighted by Gasteiger charge is 2.53. The topological polar surface area (TPSA) is 62.6 Å². The Hall–Kier alpha value is -1.10. The molecule has 140 valence electrons. The number of amides is 2. The van der Waals surface area contributed by atoms with E-state index in [2.05, 4.69) is 17.6 Å². The molecule has 0 heterocycles. The Bertz CT molecular complexity index is 508. The largest absolute Gasteiger partial charge is 0.348 e. The summed E-state index contributed by atoms with van der Waals surface area (Å²) in [6.07, 6.45) is 10.4. The minimum Gasteiger partial charge on any atom is -0.348 e. The number of nitrogens with one attached hydrogen (secondary N) is 3. The monoisotopic (exact) mass is 348 g/mol. The van der Waals surface area contributed by atoms with Crippen LogP contribution in [0.5, 0.6) is 0 Å². The van der Waals surface area contributed by atoms with E-state index >= 15 is 0 Å². The van der Waals surface area contributed by atoms with Gasteiger partial charge in [0.25, 0.3) is 11.8 Å². The van der Waals surface area contributed by atoms with Gasteiger partial charge in [-0.3, -0.25) is 9.59 Å². The Morgan fingerprint density at radius 2 is 1.52 bits per heavy atom. The number of likely N-dealkylation sites (N-methyl/N-ethyl adjacent to an activating group) is 1. The molecule has 0 aromatic heterocycles. The fraction of sp³-hybridized carbons (Fsp3) is 0.900. The number of rotatable bonds is 7. The van der Waals surface area contributed by atoms with Crippen molar-refractivity contribution in [1.29, 1.82) is 0 Å². The van der Waals surface area contributed by atoms with Gasteiger partial charge in [0.05, 0.1) is 7.05 Å². The normalized spacial score (nSPS) is 38.2. The van der Waals surface area contributed by atoms with Gasteiger partial charge in [-0.2, -0.15) is 0 Å². The van der Waals surface area contributed by atoms with Gasteiger partial charge in [0.1, 0.15) is 0 Å². The van der Waals surface area contributed by atoms with Crippen LogP contribution in [-0.4, -0.2) is 44.0 Å². The molecule has 0 aliphatic heterocycles. The van der Waals surface area contributed by atoms with E-state index in [9.17, 15) is 9.59 Å². The molecule has 5 aliphatic carbocycles. The lowest BCUT2D eigenvalue weighted by atomic mass is 9.48. The highest BCUT2D eigenvalue weighted by molar-refractivity contribution is 5.79. The molecule has 5 rings (SSSR count). The number of hydrogen-bond acceptors (Lipinski definition) is 2. The van der Waals surface area contributed by atoms with Gasteiger partial charge in [0, 0.05) is 12.1 Å². The molecule has 3 N–H and O–H groups in total. The van der Waals surface area contributed by atoms with Gasteiger partial charge in [-0.25, -0.2) is 0 Å². The summed E-state index contributed by atoms with van der Waals surface area (Å²) < 4.78 is 0. The highest BCUT2D eigenvalue weighted by atomic mass is 16.2. The predicted octanol–water partition coefficient (Wildman–Crippen LogP) is 0.501. The van der Waals surface area contributed by atoms with Crippen LogP contribution in [-0.2, 0) is 9.59 Å². The molecule has 0 radical (unpaired) electrons. The summed E-state index contributed by atoms with van der Waals surface area (Å²) in [5, 5.41) is 6.30. The first-order valence-electron chi connectivity index (χ1n) is 10.3. The summed E-state index contributed by atoms with van der Waals surface area (Å²) in [7, 11) is 1.93. The fourth-order valence-electron chi connectivity index (χ4n) is 6.27. The summed E-state index contributed by atoms with van der Waals surface area (Å²) in [6.45, 7) is 2.99. The minimum absolute atomic E-state index is 0.0712. The van der Waals surface area contributed by atoms with Crippen molar-refractivity contribution in [2.75, 3.05) is 20.1 Å². The molecule has 5 heteroatoms. The van der Waals surface area contributed by atoms with Crippen molar-refractivity contribution in [2.24, 2.45) is 23.2 Å². The van der Waals surface area contributed by atoms with Gasteiger partial charge in [-0.15, -0.1) is 0 Å². The van der Waals surface area contributed by atoms with Crippen LogP contribution >= 0.6 is 0 Å². The van der Waals surface area contributed by atoms with Gasteiger partial charge >= 0.3 is 0 Å². The summed E-state index contributed by atoms with van der Waals surface area (Å²) >= 11 is 0. The summed E-state index contributed by atoms with van der Waals surface area (Å²) in [5.74, 6) is 2.89. The molecule has 0 spiro atoms. The quantitative estimate of drug-likeness (QED) is 0.627. The van der Waals surface area contributed by atoms with E-state index in [1.807, 2.05) is 7.05 Å². The molecule has 2 amide bonds. The molecule has 0 saturated heterocycles. The lowest BCUT2D eigenvalue weighted by molar-refractivity contribution is -0.862. The second kappa shape index (κ2) is 6.57. The Kier molecular flexibility index (Phi) is 4.55. The SMILES string of the molecule is C[C@H](NC(=O)C[NH+](C)CC(=O)NC1CC1)C12CC3CC(CC(C3)C1)C2. The predicted molar refractivity (Wildman–Crippen MR) is 96.0 cm³/mol. The molecule has 4 bridgehead atoms. The lowest BCUT2D eigenvalue weighted by Gasteiger charge is -2.59. The van der Waals surface area contributed by atoms with Crippen molar-refractivity contribution in [3.63, 3.8) is 0 Å². The molecule has 0 aromatic carbocycles. The lowest BCUT2D eigenvalue weighted by Crippen LogP contribution is -3.11. The third-order valence-electron chi connectivity index (χ3n) is 7.25. The van der Waals surface area contributed by atoms with E-state index in [0.29, 0.717) is 24.5 Å². The van der Waals surface area contributed by atoms with Gasteiger partial charge < -0.3 is 15.5 Å². The van der Waals surface area contributed by atoms with E-state index in [1.54, 1.807) is 0 Å². The third-order valence-corrected chi connectivity index (χ3v) is 7.25. The maximum Gasteiger partial charge on any atom is 0.275 e. The molecular formula is C20H34N3O2+. The standard InChI is InChI=1S/C20H33N3O2/c1-13(20-8-14-5-15(9-20)7-16(6-14)10-20)21-18(24)11-23(2)12-19(25)22-17-3-4-17/h13-17H,3-12H2,1-2H3,(H,21,24)(H,22,25)/p+1/t13-,14?,15?,16?,20?/m0/s1. The zero-order valence-electron chi connectivity index (χ0n) is 15.8. The number of carbonyl (C=O) groups is 2. The Balaban J connectivity index is 1.26. The summed E-state index contributed by atoms with van der Waals surface area (Å²) in [6, 6.07) is 0.659. The van der Waals surface area contributed by atoms with Crippen molar-refractivity contribution in [2.45, 2.75) is 70.4 Å². The average molecular weight is 349 g/mol. The van der Waals surface area contributed by atoms with Crippen LogP contribution in [0.15, 0.2) is 0 Å². The Morgan fingerprint density at radius 1 is 1.00 bits per heavy atom. The molecule has 5 saturated carbocycles. The zero-order valence-corrected chi connectivity index (χ0v) is 15.8. The first kappa shape index (κ1) is 17.3. The third kappa shape index (κ3) is 3.86. The highest BCUT2D eigenvalue weighted by Crippen LogP contribution is 2.61. The van der Waals surface area contributed by atoms with Gasteiger partial charge in [-0.1, -0.05) is 0 Å². The van der Waals surface area contributed by atoms with Crippen molar-refractivity contribution in [3.05, 3.63) is 0 Å². The fourth-order valence-corrected chi connectivity index (χ4v) is 6.27. The molecule has 2 atom stereocenters. The average Bonchev–Trinajstić information content (AvgIpc) is 3.28. The van der Waals surface area contributed by atoms with Crippen LogP contribution in [0.4, 0.5) is 0 Å². The van der Waals surface area contributed by atoms with Crippen LogP contribution in [0.2, 0.25) is 0 Å². The van der Waals surface area contributed by atoms with E-state index in [-0.39, 0.29) is 17.9 Å². The number of quaternary nitrogens is 1. The van der Waals surface area contributed by atoms with E-state index < -0.39 is 0 Å². The van der Waals surface area contributed by atoms with Crippen molar-refractivity contribution >= 4 is 11.8 Å². The summed E-state index contributed by atoms with van der Waals surface area (Å²) in [5.41, 5.74) is 0.349. The molecule has 0 aromatic rings. The molecule has 5 nitrogen and oxygen atoms in total. The Labute approximate surface area is 151 Å².